The summed E-state index contributed by atoms with van der Waals surface area (Å²) in [7, 11) is 0. The minimum absolute atomic E-state index is 0.151. The zero-order valence-corrected chi connectivity index (χ0v) is 22.6. The number of ether oxygens (including phenoxy) is 2. The first kappa shape index (κ1) is 28.4. The molecule has 0 aliphatic heterocycles. The molecule has 0 aliphatic carbocycles. The molecule has 5 nitrogen and oxygen atoms in total. The molecule has 0 aliphatic rings. The van der Waals surface area contributed by atoms with E-state index < -0.39 is 12.1 Å². The first-order chi connectivity index (χ1) is 16.6. The van der Waals surface area contributed by atoms with Crippen LogP contribution in [0.2, 0.25) is 0 Å². The number of carbonyl (C=O) groups is 2. The summed E-state index contributed by atoms with van der Waals surface area (Å²) in [5, 5.41) is 2.98. The fourth-order valence-corrected chi connectivity index (χ4v) is 4.21. The van der Waals surface area contributed by atoms with Crippen molar-refractivity contribution in [3.63, 3.8) is 0 Å². The molecule has 1 amide bonds. The van der Waals surface area contributed by atoms with Gasteiger partial charge in [-0.1, -0.05) is 90.3 Å². The van der Waals surface area contributed by atoms with Crippen LogP contribution < -0.4 is 5.32 Å². The van der Waals surface area contributed by atoms with E-state index in [2.05, 4.69) is 46.0 Å². The maximum Gasteiger partial charge on any atom is 0.407 e. The fourth-order valence-electron chi connectivity index (χ4n) is 4.21. The molecule has 0 heterocycles. The maximum atomic E-state index is 13.6. The average molecular weight is 482 g/mol. The van der Waals surface area contributed by atoms with Gasteiger partial charge in [-0.2, -0.15) is 0 Å². The standard InChI is InChI=1S/C30H43NO4/c1-8-11-15-22(9-2)20-35-28(32)25-19-24(30(5,6)7)18-21(4)26(25)27(31-29(33)34-10-3)23-16-13-12-14-17-23/h12-14,16-19,22,27H,8-11,15,20H2,1-7H3,(H,31,33). The van der Waals surface area contributed by atoms with Crippen molar-refractivity contribution in [1.82, 2.24) is 5.32 Å². The molecular formula is C30H43NO4. The van der Waals surface area contributed by atoms with Crippen molar-refractivity contribution in [2.75, 3.05) is 13.2 Å². The third-order valence-electron chi connectivity index (χ3n) is 6.43. The predicted molar refractivity (Wildman–Crippen MR) is 142 cm³/mol. The summed E-state index contributed by atoms with van der Waals surface area (Å²) in [5.41, 5.74) is 3.92. The highest BCUT2D eigenvalue weighted by molar-refractivity contribution is 5.92. The van der Waals surface area contributed by atoms with Crippen LogP contribution in [-0.4, -0.2) is 25.3 Å². The first-order valence-electron chi connectivity index (χ1n) is 12.9. The Hall–Kier alpha value is -2.82. The van der Waals surface area contributed by atoms with E-state index >= 15 is 0 Å². The summed E-state index contributed by atoms with van der Waals surface area (Å²) in [6.07, 6.45) is 3.74. The van der Waals surface area contributed by atoms with Gasteiger partial charge in [0.25, 0.3) is 0 Å². The highest BCUT2D eigenvalue weighted by Gasteiger charge is 2.29. The molecule has 0 aromatic heterocycles. The van der Waals surface area contributed by atoms with E-state index in [1.165, 1.54) is 0 Å². The van der Waals surface area contributed by atoms with E-state index in [-0.39, 0.29) is 18.0 Å². The number of alkyl carbamates (subject to hydrolysis) is 1. The number of rotatable bonds is 11. The van der Waals surface area contributed by atoms with Gasteiger partial charge in [0.2, 0.25) is 0 Å². The molecular weight excluding hydrogens is 438 g/mol. The van der Waals surface area contributed by atoms with E-state index in [9.17, 15) is 9.59 Å². The third-order valence-corrected chi connectivity index (χ3v) is 6.43. The quantitative estimate of drug-likeness (QED) is 0.337. The van der Waals surface area contributed by atoms with Gasteiger partial charge < -0.3 is 14.8 Å². The second kappa shape index (κ2) is 13.3. The SMILES string of the molecule is CCCCC(CC)COC(=O)c1cc(C(C)(C)C)cc(C)c1C(NC(=O)OCC)c1ccccc1. The Morgan fingerprint density at radius 1 is 1.00 bits per heavy atom. The van der Waals surface area contributed by atoms with Crippen molar-refractivity contribution >= 4 is 12.1 Å². The molecule has 0 bridgehead atoms. The topological polar surface area (TPSA) is 64.6 Å². The summed E-state index contributed by atoms with van der Waals surface area (Å²) in [6, 6.07) is 13.1. The molecule has 2 atom stereocenters. The van der Waals surface area contributed by atoms with Crippen molar-refractivity contribution < 1.29 is 19.1 Å². The van der Waals surface area contributed by atoms with Crippen LogP contribution >= 0.6 is 0 Å². The van der Waals surface area contributed by atoms with Gasteiger partial charge in [-0.05, 0) is 59.9 Å². The number of amides is 1. The van der Waals surface area contributed by atoms with Gasteiger partial charge in [0.15, 0.2) is 0 Å². The Balaban J connectivity index is 2.56. The van der Waals surface area contributed by atoms with Gasteiger partial charge in [0, 0.05) is 0 Å². The van der Waals surface area contributed by atoms with E-state index in [4.69, 9.17) is 9.47 Å². The molecule has 0 saturated heterocycles. The van der Waals surface area contributed by atoms with E-state index in [0.717, 1.165) is 47.9 Å². The maximum absolute atomic E-state index is 13.6. The lowest BCUT2D eigenvalue weighted by molar-refractivity contribution is 0.0425. The van der Waals surface area contributed by atoms with Crippen LogP contribution in [0.15, 0.2) is 42.5 Å². The molecule has 2 aromatic rings. The molecule has 0 spiro atoms. The lowest BCUT2D eigenvalue weighted by Gasteiger charge is -2.27. The number of carbonyl (C=O) groups excluding carboxylic acids is 2. The first-order valence-corrected chi connectivity index (χ1v) is 12.9. The molecule has 5 heteroatoms. The normalized spacial score (nSPS) is 13.1. The van der Waals surface area contributed by atoms with Crippen molar-refractivity contribution in [1.29, 1.82) is 0 Å². The monoisotopic (exact) mass is 481 g/mol. The number of aryl methyl sites for hydroxylation is 1. The molecule has 2 rings (SSSR count). The third kappa shape index (κ3) is 8.12. The predicted octanol–water partition coefficient (Wildman–Crippen LogP) is 7.50. The molecule has 192 valence electrons. The van der Waals surface area contributed by atoms with Crippen LogP contribution in [0.4, 0.5) is 4.79 Å². The van der Waals surface area contributed by atoms with Crippen molar-refractivity contribution in [3.8, 4) is 0 Å². The average Bonchev–Trinajstić information content (AvgIpc) is 2.82. The second-order valence-corrected chi connectivity index (χ2v) is 10.2. The fraction of sp³-hybridized carbons (Fsp3) is 0.533. The number of benzene rings is 2. The van der Waals surface area contributed by atoms with Gasteiger partial charge in [-0.25, -0.2) is 9.59 Å². The van der Waals surface area contributed by atoms with Gasteiger partial charge in [0.05, 0.1) is 24.8 Å². The lowest BCUT2D eigenvalue weighted by atomic mass is 9.81. The van der Waals surface area contributed by atoms with Crippen LogP contribution in [0.5, 0.6) is 0 Å². The van der Waals surface area contributed by atoms with Crippen molar-refractivity contribution in [2.45, 2.75) is 85.6 Å². The summed E-state index contributed by atoms with van der Waals surface area (Å²) in [4.78, 5) is 26.1. The van der Waals surface area contributed by atoms with E-state index in [0.29, 0.717) is 18.1 Å². The summed E-state index contributed by atoms with van der Waals surface area (Å²) in [5.74, 6) is -0.00689. The molecule has 0 radical (unpaired) electrons. The molecule has 0 fully saturated rings. The number of hydrogen-bond donors (Lipinski definition) is 1. The molecule has 35 heavy (non-hydrogen) atoms. The van der Waals surface area contributed by atoms with Crippen LogP contribution in [0, 0.1) is 12.8 Å². The highest BCUT2D eigenvalue weighted by Crippen LogP contribution is 2.34. The Bertz CT molecular complexity index is 962. The summed E-state index contributed by atoms with van der Waals surface area (Å²) in [6.45, 7) is 15.1. The van der Waals surface area contributed by atoms with Crippen LogP contribution in [0.3, 0.4) is 0 Å². The highest BCUT2D eigenvalue weighted by atomic mass is 16.5. The zero-order valence-electron chi connectivity index (χ0n) is 22.6. The van der Waals surface area contributed by atoms with Crippen molar-refractivity contribution in [2.24, 2.45) is 5.92 Å². The van der Waals surface area contributed by atoms with Gasteiger partial charge in [-0.3, -0.25) is 0 Å². The Morgan fingerprint density at radius 2 is 1.69 bits per heavy atom. The summed E-state index contributed by atoms with van der Waals surface area (Å²) < 4.78 is 11.1. The Kier molecular flexibility index (Phi) is 10.8. The van der Waals surface area contributed by atoms with E-state index in [1.807, 2.05) is 43.3 Å². The smallest absolute Gasteiger partial charge is 0.407 e. The van der Waals surface area contributed by atoms with Crippen LogP contribution in [-0.2, 0) is 14.9 Å². The molecule has 2 aromatic carbocycles. The number of unbranched alkanes of at least 4 members (excludes halogenated alkanes) is 1. The van der Waals surface area contributed by atoms with Crippen LogP contribution in [0.25, 0.3) is 0 Å². The van der Waals surface area contributed by atoms with Gasteiger partial charge in [0.1, 0.15) is 0 Å². The minimum atomic E-state index is -0.547. The van der Waals surface area contributed by atoms with E-state index in [1.54, 1.807) is 6.92 Å². The largest absolute Gasteiger partial charge is 0.462 e. The zero-order chi connectivity index (χ0) is 26.0. The molecule has 1 N–H and O–H groups in total. The minimum Gasteiger partial charge on any atom is -0.462 e. The number of esters is 1. The molecule has 2 unspecified atom stereocenters. The molecule has 0 saturated carbocycles. The number of hydrogen-bond acceptors (Lipinski definition) is 4. The number of nitrogens with one attached hydrogen (secondary N) is 1. The van der Waals surface area contributed by atoms with Crippen LogP contribution in [0.1, 0.15) is 106 Å². The van der Waals surface area contributed by atoms with Gasteiger partial charge in [-0.15, -0.1) is 0 Å². The lowest BCUT2D eigenvalue weighted by Crippen LogP contribution is -2.32. The summed E-state index contributed by atoms with van der Waals surface area (Å²) >= 11 is 0. The van der Waals surface area contributed by atoms with Gasteiger partial charge >= 0.3 is 12.1 Å². The second-order valence-electron chi connectivity index (χ2n) is 10.2. The van der Waals surface area contributed by atoms with Crippen molar-refractivity contribution in [3.05, 3.63) is 70.3 Å². The Labute approximate surface area is 211 Å². The Morgan fingerprint density at radius 3 is 2.26 bits per heavy atom.